The summed E-state index contributed by atoms with van der Waals surface area (Å²) in [5, 5.41) is 3.26. The molecule has 1 atom stereocenters. The number of nitrogens with one attached hydrogen (secondary N) is 1. The van der Waals surface area contributed by atoms with Gasteiger partial charge in [0.2, 0.25) is 17.8 Å². The fourth-order valence-corrected chi connectivity index (χ4v) is 1.82. The van der Waals surface area contributed by atoms with Gasteiger partial charge in [0.15, 0.2) is 0 Å². The molecule has 0 aliphatic carbocycles. The molecule has 0 amide bonds. The molecule has 6 nitrogen and oxygen atoms in total. The topological polar surface area (TPSA) is 80.0 Å². The minimum atomic E-state index is 0.262. The highest BCUT2D eigenvalue weighted by Gasteiger charge is 2.10. The molecule has 1 unspecified atom stereocenters. The lowest BCUT2D eigenvalue weighted by Crippen LogP contribution is -2.26. The zero-order chi connectivity index (χ0) is 13.5. The molecule has 0 radical (unpaired) electrons. The molecule has 3 N–H and O–H groups in total. The molecule has 0 bridgehead atoms. The van der Waals surface area contributed by atoms with Crippen LogP contribution in [0.1, 0.15) is 40.5 Å². The Morgan fingerprint density at radius 3 is 2.39 bits per heavy atom. The molecule has 18 heavy (non-hydrogen) atoms. The number of nitrogens with zero attached hydrogens (tertiary/aromatic N) is 4. The normalized spacial score (nSPS) is 12.2. The van der Waals surface area contributed by atoms with E-state index < -0.39 is 0 Å². The van der Waals surface area contributed by atoms with Gasteiger partial charge in [-0.05, 0) is 27.2 Å². The molecule has 1 aromatic heterocycles. The van der Waals surface area contributed by atoms with E-state index in [1.54, 1.807) is 0 Å². The first-order chi connectivity index (χ1) is 8.60. The Morgan fingerprint density at radius 1 is 1.17 bits per heavy atom. The highest BCUT2D eigenvalue weighted by molar-refractivity contribution is 5.42. The molecular formula is C12H24N6. The number of rotatable bonds is 7. The maximum absolute atomic E-state index is 5.73. The van der Waals surface area contributed by atoms with Gasteiger partial charge in [-0.1, -0.05) is 13.3 Å². The van der Waals surface area contributed by atoms with Crippen molar-refractivity contribution < 1.29 is 0 Å². The van der Waals surface area contributed by atoms with Crippen molar-refractivity contribution in [1.29, 1.82) is 0 Å². The van der Waals surface area contributed by atoms with E-state index in [-0.39, 0.29) is 5.95 Å². The monoisotopic (exact) mass is 252 g/mol. The van der Waals surface area contributed by atoms with Crippen molar-refractivity contribution in [3.8, 4) is 0 Å². The van der Waals surface area contributed by atoms with Gasteiger partial charge in [0.1, 0.15) is 0 Å². The highest BCUT2D eigenvalue weighted by atomic mass is 15.3. The third kappa shape index (κ3) is 4.01. The lowest BCUT2D eigenvalue weighted by Gasteiger charge is -2.20. The van der Waals surface area contributed by atoms with Crippen LogP contribution in [-0.4, -0.2) is 34.1 Å². The van der Waals surface area contributed by atoms with E-state index in [1.165, 1.54) is 0 Å². The van der Waals surface area contributed by atoms with Gasteiger partial charge in [0.25, 0.3) is 0 Å². The Bertz CT molecular complexity index is 364. The van der Waals surface area contributed by atoms with Crippen LogP contribution in [0.5, 0.6) is 0 Å². The Labute approximate surface area is 109 Å². The third-order valence-electron chi connectivity index (χ3n) is 2.78. The smallest absolute Gasteiger partial charge is 0.231 e. The molecule has 0 aromatic carbocycles. The van der Waals surface area contributed by atoms with E-state index in [2.05, 4.69) is 48.0 Å². The molecule has 0 saturated heterocycles. The molecule has 102 valence electrons. The molecule has 0 saturated carbocycles. The summed E-state index contributed by atoms with van der Waals surface area (Å²) in [6, 6.07) is 0.335. The van der Waals surface area contributed by atoms with Crippen molar-refractivity contribution in [3.05, 3.63) is 0 Å². The predicted octanol–water partition coefficient (Wildman–Crippen LogP) is 1.90. The Hall–Kier alpha value is -1.59. The van der Waals surface area contributed by atoms with Crippen molar-refractivity contribution in [2.45, 2.75) is 46.6 Å². The largest absolute Gasteiger partial charge is 0.368 e. The van der Waals surface area contributed by atoms with Crippen LogP contribution in [0.15, 0.2) is 0 Å². The first-order valence-electron chi connectivity index (χ1n) is 6.63. The second kappa shape index (κ2) is 6.98. The standard InChI is InChI=1S/C12H24N6/c1-5-8-9(4)14-11-15-10(13)16-12(17-11)18(6-2)7-3/h9H,5-8H2,1-4H3,(H3,13,14,15,16,17). The van der Waals surface area contributed by atoms with Gasteiger partial charge >= 0.3 is 0 Å². The van der Waals surface area contributed by atoms with E-state index in [4.69, 9.17) is 5.73 Å². The molecule has 0 spiro atoms. The maximum atomic E-state index is 5.73. The fourth-order valence-electron chi connectivity index (χ4n) is 1.82. The number of nitrogen functional groups attached to an aromatic ring is 1. The van der Waals surface area contributed by atoms with E-state index in [1.807, 2.05) is 4.90 Å². The summed E-state index contributed by atoms with van der Waals surface area (Å²) in [5.74, 6) is 1.46. The number of anilines is 3. The molecule has 1 aromatic rings. The van der Waals surface area contributed by atoms with E-state index in [0.29, 0.717) is 17.9 Å². The zero-order valence-electron chi connectivity index (χ0n) is 11.8. The Balaban J connectivity index is 2.86. The van der Waals surface area contributed by atoms with Crippen LogP contribution < -0.4 is 16.0 Å². The quantitative estimate of drug-likeness (QED) is 0.771. The van der Waals surface area contributed by atoms with Crippen LogP contribution in [0.2, 0.25) is 0 Å². The number of aromatic nitrogens is 3. The molecule has 1 rings (SSSR count). The van der Waals surface area contributed by atoms with Crippen molar-refractivity contribution in [1.82, 2.24) is 15.0 Å². The first kappa shape index (κ1) is 14.5. The van der Waals surface area contributed by atoms with Crippen LogP contribution in [0.25, 0.3) is 0 Å². The number of hydrogen-bond acceptors (Lipinski definition) is 6. The zero-order valence-corrected chi connectivity index (χ0v) is 11.8. The van der Waals surface area contributed by atoms with Crippen LogP contribution in [0.4, 0.5) is 17.8 Å². The van der Waals surface area contributed by atoms with Crippen LogP contribution in [0.3, 0.4) is 0 Å². The predicted molar refractivity (Wildman–Crippen MR) is 75.8 cm³/mol. The van der Waals surface area contributed by atoms with E-state index >= 15 is 0 Å². The second-order valence-electron chi connectivity index (χ2n) is 4.32. The van der Waals surface area contributed by atoms with Crippen LogP contribution in [-0.2, 0) is 0 Å². The molecule has 0 fully saturated rings. The summed E-state index contributed by atoms with van der Waals surface area (Å²) in [4.78, 5) is 14.8. The van der Waals surface area contributed by atoms with Crippen LogP contribution in [0, 0.1) is 0 Å². The lowest BCUT2D eigenvalue weighted by atomic mass is 10.2. The molecule has 6 heteroatoms. The van der Waals surface area contributed by atoms with Crippen molar-refractivity contribution >= 4 is 17.8 Å². The Kier molecular flexibility index (Phi) is 5.61. The van der Waals surface area contributed by atoms with Gasteiger partial charge in [0, 0.05) is 19.1 Å². The van der Waals surface area contributed by atoms with Gasteiger partial charge in [0.05, 0.1) is 0 Å². The minimum Gasteiger partial charge on any atom is -0.368 e. The number of hydrogen-bond donors (Lipinski definition) is 2. The number of nitrogens with two attached hydrogens (primary N) is 1. The third-order valence-corrected chi connectivity index (χ3v) is 2.78. The lowest BCUT2D eigenvalue weighted by molar-refractivity contribution is 0.682. The summed E-state index contributed by atoms with van der Waals surface area (Å²) in [6.45, 7) is 10.1. The van der Waals surface area contributed by atoms with Crippen LogP contribution >= 0.6 is 0 Å². The van der Waals surface area contributed by atoms with Crippen molar-refractivity contribution in [3.63, 3.8) is 0 Å². The van der Waals surface area contributed by atoms with Gasteiger partial charge < -0.3 is 16.0 Å². The van der Waals surface area contributed by atoms with Crippen molar-refractivity contribution in [2.75, 3.05) is 29.0 Å². The first-order valence-corrected chi connectivity index (χ1v) is 6.63. The van der Waals surface area contributed by atoms with E-state index in [0.717, 1.165) is 25.9 Å². The Morgan fingerprint density at radius 2 is 1.83 bits per heavy atom. The fraction of sp³-hybridized carbons (Fsp3) is 0.750. The molecule has 1 heterocycles. The van der Waals surface area contributed by atoms with Gasteiger partial charge in [-0.3, -0.25) is 0 Å². The van der Waals surface area contributed by atoms with Gasteiger partial charge in [-0.25, -0.2) is 0 Å². The SMILES string of the molecule is CCCC(C)Nc1nc(N)nc(N(CC)CC)n1. The molecular weight excluding hydrogens is 228 g/mol. The van der Waals surface area contributed by atoms with Crippen molar-refractivity contribution in [2.24, 2.45) is 0 Å². The van der Waals surface area contributed by atoms with Gasteiger partial charge in [-0.15, -0.1) is 0 Å². The van der Waals surface area contributed by atoms with Gasteiger partial charge in [-0.2, -0.15) is 15.0 Å². The summed E-state index contributed by atoms with van der Waals surface area (Å²) in [6.07, 6.45) is 2.20. The summed E-state index contributed by atoms with van der Waals surface area (Å²) >= 11 is 0. The molecule has 0 aliphatic rings. The van der Waals surface area contributed by atoms with E-state index in [9.17, 15) is 0 Å². The highest BCUT2D eigenvalue weighted by Crippen LogP contribution is 2.13. The molecule has 0 aliphatic heterocycles. The summed E-state index contributed by atoms with van der Waals surface area (Å²) < 4.78 is 0. The maximum Gasteiger partial charge on any atom is 0.231 e. The average Bonchev–Trinajstić information content (AvgIpc) is 2.30. The second-order valence-corrected chi connectivity index (χ2v) is 4.32. The minimum absolute atomic E-state index is 0.262. The average molecular weight is 252 g/mol. The summed E-state index contributed by atoms with van der Waals surface area (Å²) in [5.41, 5.74) is 5.73. The summed E-state index contributed by atoms with van der Waals surface area (Å²) in [7, 11) is 0.